The van der Waals surface area contributed by atoms with Crippen molar-refractivity contribution in [1.29, 1.82) is 0 Å². The molecule has 7 nitrogen and oxygen atoms in total. The molecule has 2 aromatic rings. The van der Waals surface area contributed by atoms with E-state index in [9.17, 15) is 4.79 Å². The van der Waals surface area contributed by atoms with Crippen LogP contribution in [0, 0.1) is 0 Å². The van der Waals surface area contributed by atoms with E-state index < -0.39 is 0 Å². The molecule has 7 heteroatoms. The van der Waals surface area contributed by atoms with Gasteiger partial charge in [-0.1, -0.05) is 12.1 Å². The van der Waals surface area contributed by atoms with E-state index >= 15 is 0 Å². The van der Waals surface area contributed by atoms with Gasteiger partial charge >= 0.3 is 0 Å². The third kappa shape index (κ3) is 3.64. The Morgan fingerprint density at radius 2 is 2.00 bits per heavy atom. The van der Waals surface area contributed by atoms with Crippen LogP contribution in [0.25, 0.3) is 0 Å². The van der Waals surface area contributed by atoms with Crippen LogP contribution in [0.3, 0.4) is 0 Å². The molecule has 2 bridgehead atoms. The van der Waals surface area contributed by atoms with Gasteiger partial charge in [-0.3, -0.25) is 9.89 Å². The van der Waals surface area contributed by atoms with Crippen LogP contribution >= 0.6 is 0 Å². The molecule has 1 N–H and O–H groups in total. The monoisotopic (exact) mass is 370 g/mol. The van der Waals surface area contributed by atoms with Crippen LogP contribution in [0.1, 0.15) is 35.4 Å². The van der Waals surface area contributed by atoms with E-state index in [1.165, 1.54) is 0 Å². The van der Waals surface area contributed by atoms with Crippen molar-refractivity contribution in [2.75, 3.05) is 27.2 Å². The second-order valence-corrected chi connectivity index (χ2v) is 7.37. The van der Waals surface area contributed by atoms with Crippen molar-refractivity contribution in [1.82, 2.24) is 20.0 Å². The van der Waals surface area contributed by atoms with Crippen molar-refractivity contribution >= 4 is 5.91 Å². The molecule has 0 radical (unpaired) electrons. The summed E-state index contributed by atoms with van der Waals surface area (Å²) in [6.07, 6.45) is 3.21. The summed E-state index contributed by atoms with van der Waals surface area (Å²) in [5, 5.41) is 7.19. The molecule has 27 heavy (non-hydrogen) atoms. The first-order valence-corrected chi connectivity index (χ1v) is 9.47. The summed E-state index contributed by atoms with van der Waals surface area (Å²) >= 11 is 0. The lowest BCUT2D eigenvalue weighted by atomic mass is 10.1. The number of likely N-dealkylation sites (tertiary alicyclic amines) is 1. The van der Waals surface area contributed by atoms with Gasteiger partial charge in [0.05, 0.1) is 12.8 Å². The zero-order chi connectivity index (χ0) is 18.8. The Morgan fingerprint density at radius 3 is 2.81 bits per heavy atom. The average molecular weight is 370 g/mol. The minimum Gasteiger partial charge on any atom is -0.493 e. The van der Waals surface area contributed by atoms with Crippen LogP contribution in [-0.2, 0) is 6.61 Å². The van der Waals surface area contributed by atoms with Crippen molar-refractivity contribution in [3.05, 3.63) is 41.7 Å². The SMILES string of the molecule is COc1ccccc1OCc1cc(C(=O)N2[C@@H]3CC[C@H]2CN(C)CC3)n[nH]1. The normalized spacial score (nSPS) is 22.5. The Kier molecular flexibility index (Phi) is 5.03. The third-order valence-corrected chi connectivity index (χ3v) is 5.52. The van der Waals surface area contributed by atoms with Gasteiger partial charge < -0.3 is 19.3 Å². The number of ether oxygens (including phenoxy) is 2. The molecule has 2 aliphatic heterocycles. The van der Waals surface area contributed by atoms with E-state index in [1.807, 2.05) is 24.3 Å². The summed E-state index contributed by atoms with van der Waals surface area (Å²) in [5.41, 5.74) is 1.23. The highest BCUT2D eigenvalue weighted by Gasteiger charge is 2.40. The second kappa shape index (κ2) is 7.60. The smallest absolute Gasteiger partial charge is 0.274 e. The summed E-state index contributed by atoms with van der Waals surface area (Å²) in [7, 11) is 3.74. The quantitative estimate of drug-likeness (QED) is 0.875. The van der Waals surface area contributed by atoms with Crippen molar-refractivity contribution < 1.29 is 14.3 Å². The predicted molar refractivity (Wildman–Crippen MR) is 101 cm³/mol. The van der Waals surface area contributed by atoms with Crippen molar-refractivity contribution in [3.63, 3.8) is 0 Å². The first kappa shape index (κ1) is 17.9. The number of nitrogens with zero attached hydrogens (tertiary/aromatic N) is 3. The van der Waals surface area contributed by atoms with Crippen LogP contribution in [0.5, 0.6) is 11.5 Å². The zero-order valence-corrected chi connectivity index (χ0v) is 15.9. The number of benzene rings is 1. The van der Waals surface area contributed by atoms with E-state index in [-0.39, 0.29) is 5.91 Å². The van der Waals surface area contributed by atoms with E-state index in [1.54, 1.807) is 13.2 Å². The lowest BCUT2D eigenvalue weighted by Crippen LogP contribution is -2.42. The number of hydrogen-bond donors (Lipinski definition) is 1. The van der Waals surface area contributed by atoms with Gasteiger partial charge in [0.2, 0.25) is 0 Å². The van der Waals surface area contributed by atoms with Gasteiger partial charge in [0.1, 0.15) is 6.61 Å². The highest BCUT2D eigenvalue weighted by Crippen LogP contribution is 2.31. The van der Waals surface area contributed by atoms with Gasteiger partial charge in [-0.15, -0.1) is 0 Å². The summed E-state index contributed by atoms with van der Waals surface area (Å²) in [6.45, 7) is 2.29. The van der Waals surface area contributed by atoms with E-state index in [4.69, 9.17) is 9.47 Å². The fourth-order valence-corrected chi connectivity index (χ4v) is 4.15. The van der Waals surface area contributed by atoms with Gasteiger partial charge in [0, 0.05) is 18.6 Å². The first-order valence-electron chi connectivity index (χ1n) is 9.47. The maximum Gasteiger partial charge on any atom is 0.274 e. The number of methoxy groups -OCH3 is 1. The molecule has 2 aliphatic rings. The number of nitrogens with one attached hydrogen (secondary N) is 1. The number of likely N-dealkylation sites (N-methyl/N-ethyl adjacent to an activating group) is 1. The molecule has 1 aromatic heterocycles. The Bertz CT molecular complexity index is 806. The van der Waals surface area contributed by atoms with Crippen molar-refractivity contribution in [2.24, 2.45) is 0 Å². The predicted octanol–water partition coefficient (Wildman–Crippen LogP) is 2.31. The molecule has 144 valence electrons. The van der Waals surface area contributed by atoms with Crippen LogP contribution in [-0.4, -0.2) is 65.2 Å². The van der Waals surface area contributed by atoms with Gasteiger partial charge in [-0.05, 0) is 51.1 Å². The summed E-state index contributed by atoms with van der Waals surface area (Å²) in [6, 6.07) is 9.91. The summed E-state index contributed by atoms with van der Waals surface area (Å²) in [5.74, 6) is 1.37. The van der Waals surface area contributed by atoms with Crippen LogP contribution in [0.2, 0.25) is 0 Å². The summed E-state index contributed by atoms with van der Waals surface area (Å²) < 4.78 is 11.1. The largest absolute Gasteiger partial charge is 0.493 e. The lowest BCUT2D eigenvalue weighted by molar-refractivity contribution is 0.0667. The number of rotatable bonds is 5. The fourth-order valence-electron chi connectivity index (χ4n) is 4.15. The molecule has 0 saturated carbocycles. The molecule has 2 saturated heterocycles. The molecule has 4 rings (SSSR count). The molecule has 1 aromatic carbocycles. The number of carbonyl (C=O) groups is 1. The molecule has 0 unspecified atom stereocenters. The average Bonchev–Trinajstić information content (AvgIpc) is 3.27. The van der Waals surface area contributed by atoms with E-state index in [0.717, 1.165) is 38.0 Å². The number of aromatic amines is 1. The number of hydrogen-bond acceptors (Lipinski definition) is 5. The Labute approximate surface area is 159 Å². The van der Waals surface area contributed by atoms with Crippen LogP contribution in [0.4, 0.5) is 0 Å². The van der Waals surface area contributed by atoms with Gasteiger partial charge in [0.25, 0.3) is 5.91 Å². The number of aromatic nitrogens is 2. The standard InChI is InChI=1S/C20H26N4O3/c1-23-10-9-15-7-8-16(12-23)24(15)20(25)17-11-14(21-22-17)13-27-19-6-4-3-5-18(19)26-2/h3-6,11,15-16H,7-10,12-13H2,1-2H3,(H,21,22)/t15-,16+/m1/s1. The number of fused-ring (bicyclic) bond motifs is 2. The Morgan fingerprint density at radius 1 is 1.22 bits per heavy atom. The van der Waals surface area contributed by atoms with E-state index in [0.29, 0.717) is 35.9 Å². The minimum atomic E-state index is 0.0255. The number of H-pyrrole nitrogens is 1. The molecule has 3 heterocycles. The number of amides is 1. The Hall–Kier alpha value is -2.54. The molecule has 2 fully saturated rings. The van der Waals surface area contributed by atoms with Crippen molar-refractivity contribution in [3.8, 4) is 11.5 Å². The van der Waals surface area contributed by atoms with Crippen LogP contribution < -0.4 is 9.47 Å². The summed E-state index contributed by atoms with van der Waals surface area (Å²) in [4.78, 5) is 17.5. The van der Waals surface area contributed by atoms with Gasteiger partial charge in [-0.25, -0.2) is 0 Å². The topological polar surface area (TPSA) is 70.7 Å². The minimum absolute atomic E-state index is 0.0255. The molecule has 2 atom stereocenters. The molecule has 1 amide bonds. The third-order valence-electron chi connectivity index (χ3n) is 5.52. The Balaban J connectivity index is 1.44. The van der Waals surface area contributed by atoms with Crippen molar-refractivity contribution in [2.45, 2.75) is 38.0 Å². The number of carbonyl (C=O) groups excluding carboxylic acids is 1. The van der Waals surface area contributed by atoms with Gasteiger partial charge in [-0.2, -0.15) is 5.10 Å². The second-order valence-electron chi connectivity index (χ2n) is 7.37. The first-order chi connectivity index (χ1) is 13.2. The van der Waals surface area contributed by atoms with E-state index in [2.05, 4.69) is 27.0 Å². The lowest BCUT2D eigenvalue weighted by Gasteiger charge is -2.27. The maximum absolute atomic E-state index is 13.1. The highest BCUT2D eigenvalue weighted by atomic mass is 16.5. The number of para-hydroxylation sites is 2. The molecule has 0 spiro atoms. The van der Waals surface area contributed by atoms with Crippen LogP contribution in [0.15, 0.2) is 30.3 Å². The van der Waals surface area contributed by atoms with Gasteiger partial charge in [0.15, 0.2) is 17.2 Å². The highest BCUT2D eigenvalue weighted by molar-refractivity contribution is 5.93. The molecular formula is C20H26N4O3. The fraction of sp³-hybridized carbons (Fsp3) is 0.500. The molecule has 0 aliphatic carbocycles. The molecular weight excluding hydrogens is 344 g/mol. The zero-order valence-electron chi connectivity index (χ0n) is 15.9. The maximum atomic E-state index is 13.1.